The van der Waals surface area contributed by atoms with E-state index in [4.69, 9.17) is 9.31 Å². The zero-order chi connectivity index (χ0) is 14.5. The van der Waals surface area contributed by atoms with Gasteiger partial charge in [0.2, 0.25) is 0 Å². The van der Waals surface area contributed by atoms with Crippen molar-refractivity contribution in [3.63, 3.8) is 0 Å². The van der Waals surface area contributed by atoms with Gasteiger partial charge in [-0.05, 0) is 52.1 Å². The van der Waals surface area contributed by atoms with Crippen molar-refractivity contribution < 1.29 is 9.31 Å². The average molecular weight is 274 g/mol. The third kappa shape index (κ3) is 2.13. The predicted molar refractivity (Wildman–Crippen MR) is 79.3 cm³/mol. The third-order valence-electron chi connectivity index (χ3n) is 4.95. The molecule has 1 aliphatic carbocycles. The number of rotatable bonds is 2. The van der Waals surface area contributed by atoms with E-state index < -0.39 is 0 Å². The first kappa shape index (κ1) is 13.9. The minimum Gasteiger partial charge on any atom is -0.400 e. The Hall–Kier alpha value is -1.07. The molecule has 1 aliphatic heterocycles. The molecule has 4 nitrogen and oxygen atoms in total. The molecule has 1 aromatic rings. The van der Waals surface area contributed by atoms with Gasteiger partial charge in [-0.1, -0.05) is 6.08 Å². The Morgan fingerprint density at radius 1 is 1.25 bits per heavy atom. The summed E-state index contributed by atoms with van der Waals surface area (Å²) >= 11 is 0. The van der Waals surface area contributed by atoms with Crippen molar-refractivity contribution >= 4 is 7.12 Å². The molecule has 0 N–H and O–H groups in total. The summed E-state index contributed by atoms with van der Waals surface area (Å²) in [6.45, 7) is 8.39. The molecule has 20 heavy (non-hydrogen) atoms. The highest BCUT2D eigenvalue weighted by atomic mass is 16.7. The van der Waals surface area contributed by atoms with Gasteiger partial charge < -0.3 is 9.31 Å². The second-order valence-corrected chi connectivity index (χ2v) is 6.85. The number of allylic oxidation sites excluding steroid dienone is 2. The Morgan fingerprint density at radius 3 is 2.45 bits per heavy atom. The topological polar surface area (TPSA) is 36.3 Å². The minimum atomic E-state index is -0.261. The highest BCUT2D eigenvalue weighted by Gasteiger charge is 2.52. The van der Waals surface area contributed by atoms with Gasteiger partial charge in [-0.25, -0.2) is 0 Å². The highest BCUT2D eigenvalue weighted by molar-refractivity contribution is 6.54. The van der Waals surface area contributed by atoms with Crippen LogP contribution < -0.4 is 0 Å². The van der Waals surface area contributed by atoms with E-state index in [0.717, 1.165) is 12.8 Å². The lowest BCUT2D eigenvalue weighted by molar-refractivity contribution is 0.00578. The van der Waals surface area contributed by atoms with Gasteiger partial charge in [0, 0.05) is 24.9 Å². The summed E-state index contributed by atoms with van der Waals surface area (Å²) in [6.07, 6.45) is 6.31. The summed E-state index contributed by atoms with van der Waals surface area (Å²) in [7, 11) is 1.80. The van der Waals surface area contributed by atoms with Gasteiger partial charge in [-0.2, -0.15) is 5.10 Å². The van der Waals surface area contributed by atoms with Crippen molar-refractivity contribution in [2.24, 2.45) is 7.05 Å². The van der Waals surface area contributed by atoms with Crippen molar-refractivity contribution in [1.29, 1.82) is 0 Å². The fourth-order valence-electron chi connectivity index (χ4n) is 2.92. The lowest BCUT2D eigenvalue weighted by Crippen LogP contribution is -2.41. The maximum absolute atomic E-state index is 6.13. The molecule has 1 unspecified atom stereocenters. The molecule has 0 bridgehead atoms. The smallest absolute Gasteiger partial charge is 0.400 e. The maximum Gasteiger partial charge on any atom is 0.490 e. The summed E-state index contributed by atoms with van der Waals surface area (Å²) in [6, 6.07) is 2.09. The Balaban J connectivity index is 1.79. The molecule has 108 valence electrons. The lowest BCUT2D eigenvalue weighted by Gasteiger charge is -2.32. The van der Waals surface area contributed by atoms with Crippen LogP contribution in [0.3, 0.4) is 0 Å². The number of aromatic nitrogens is 2. The Bertz CT molecular complexity index is 532. The van der Waals surface area contributed by atoms with E-state index >= 15 is 0 Å². The zero-order valence-corrected chi connectivity index (χ0v) is 13.0. The van der Waals surface area contributed by atoms with E-state index in [1.165, 1.54) is 11.2 Å². The first-order valence-electron chi connectivity index (χ1n) is 7.34. The van der Waals surface area contributed by atoms with Crippen LogP contribution in [0.5, 0.6) is 0 Å². The molecular formula is C15H23BN2O2. The van der Waals surface area contributed by atoms with Crippen LogP contribution in [0.2, 0.25) is 0 Å². The quantitative estimate of drug-likeness (QED) is 0.778. The minimum absolute atomic E-state index is 0.196. The van der Waals surface area contributed by atoms with E-state index in [0.29, 0.717) is 5.92 Å². The zero-order valence-electron chi connectivity index (χ0n) is 13.0. The van der Waals surface area contributed by atoms with E-state index in [2.05, 4.69) is 44.9 Å². The Morgan fingerprint density at radius 2 is 1.90 bits per heavy atom. The lowest BCUT2D eigenvalue weighted by atomic mass is 9.78. The molecule has 0 radical (unpaired) electrons. The monoisotopic (exact) mass is 274 g/mol. The summed E-state index contributed by atoms with van der Waals surface area (Å²) < 4.78 is 14.2. The van der Waals surface area contributed by atoms with E-state index in [9.17, 15) is 0 Å². The van der Waals surface area contributed by atoms with Crippen LogP contribution in [-0.2, 0) is 16.4 Å². The van der Waals surface area contributed by atoms with Gasteiger partial charge in [-0.15, -0.1) is 0 Å². The van der Waals surface area contributed by atoms with Crippen LogP contribution in [0, 0.1) is 0 Å². The van der Waals surface area contributed by atoms with Crippen molar-refractivity contribution in [1.82, 2.24) is 9.78 Å². The molecule has 0 amide bonds. The van der Waals surface area contributed by atoms with Gasteiger partial charge in [0.15, 0.2) is 0 Å². The summed E-state index contributed by atoms with van der Waals surface area (Å²) in [5.41, 5.74) is 2.01. The SMILES string of the molecule is Cn1nccc1C1C=C(B2OC(C)(C)C(C)(C)O2)CC1. The maximum atomic E-state index is 6.13. The van der Waals surface area contributed by atoms with Gasteiger partial charge in [0.05, 0.1) is 11.2 Å². The van der Waals surface area contributed by atoms with Crippen LogP contribution in [0.4, 0.5) is 0 Å². The third-order valence-corrected chi connectivity index (χ3v) is 4.95. The van der Waals surface area contributed by atoms with Crippen molar-refractivity contribution in [3.05, 3.63) is 29.5 Å². The molecule has 5 heteroatoms. The summed E-state index contributed by atoms with van der Waals surface area (Å²) in [5, 5.41) is 4.25. The average Bonchev–Trinajstić information content (AvgIpc) is 2.98. The van der Waals surface area contributed by atoms with Gasteiger partial charge in [-0.3, -0.25) is 4.68 Å². The fraction of sp³-hybridized carbons (Fsp3) is 0.667. The van der Waals surface area contributed by atoms with Crippen LogP contribution in [0.15, 0.2) is 23.8 Å². The molecule has 2 aliphatic rings. The standard InChI is InChI=1S/C15H23BN2O2/c1-14(2)15(3,4)20-16(19-14)12-7-6-11(10-12)13-8-9-17-18(13)5/h8-11H,6-7H2,1-5H3. The first-order chi connectivity index (χ1) is 9.30. The number of hydrogen-bond donors (Lipinski definition) is 0. The van der Waals surface area contributed by atoms with Gasteiger partial charge in [0.25, 0.3) is 0 Å². The molecule has 1 aromatic heterocycles. The first-order valence-corrected chi connectivity index (χ1v) is 7.34. The largest absolute Gasteiger partial charge is 0.490 e. The molecule has 0 aromatic carbocycles. The van der Waals surface area contributed by atoms with Crippen LogP contribution in [0.25, 0.3) is 0 Å². The van der Waals surface area contributed by atoms with Crippen LogP contribution in [-0.4, -0.2) is 28.1 Å². The van der Waals surface area contributed by atoms with Crippen molar-refractivity contribution in [2.45, 2.75) is 57.7 Å². The van der Waals surface area contributed by atoms with E-state index in [1.54, 1.807) is 0 Å². The predicted octanol–water partition coefficient (Wildman–Crippen LogP) is 2.86. The Kier molecular flexibility index (Phi) is 3.10. The Labute approximate surface area is 121 Å². The molecule has 1 saturated heterocycles. The molecule has 0 saturated carbocycles. The highest BCUT2D eigenvalue weighted by Crippen LogP contribution is 2.42. The number of hydrogen-bond acceptors (Lipinski definition) is 3. The fourth-order valence-corrected chi connectivity index (χ4v) is 2.92. The van der Waals surface area contributed by atoms with Gasteiger partial charge in [0.1, 0.15) is 0 Å². The van der Waals surface area contributed by atoms with Crippen LogP contribution in [0.1, 0.15) is 52.1 Å². The van der Waals surface area contributed by atoms with E-state index in [-0.39, 0.29) is 18.3 Å². The number of nitrogens with zero attached hydrogens (tertiary/aromatic N) is 2. The normalized spacial score (nSPS) is 27.9. The van der Waals surface area contributed by atoms with Crippen molar-refractivity contribution in [3.8, 4) is 0 Å². The summed E-state index contributed by atoms with van der Waals surface area (Å²) in [5.74, 6) is 0.427. The molecule has 3 rings (SSSR count). The van der Waals surface area contributed by atoms with Gasteiger partial charge >= 0.3 is 7.12 Å². The molecule has 1 atom stereocenters. The number of aryl methyl sites for hydroxylation is 1. The second-order valence-electron chi connectivity index (χ2n) is 6.85. The van der Waals surface area contributed by atoms with Crippen LogP contribution >= 0.6 is 0 Å². The summed E-state index contributed by atoms with van der Waals surface area (Å²) in [4.78, 5) is 0. The van der Waals surface area contributed by atoms with Crippen molar-refractivity contribution in [2.75, 3.05) is 0 Å². The molecule has 1 fully saturated rings. The second kappa shape index (κ2) is 4.47. The van der Waals surface area contributed by atoms with E-state index in [1.807, 2.05) is 17.9 Å². The molecular weight excluding hydrogens is 251 g/mol. The molecule has 2 heterocycles. The molecule has 0 spiro atoms.